The number of benzene rings is 1. The minimum Gasteiger partial charge on any atom is -0.300 e. The molecule has 8 heteroatoms. The maximum Gasteiger partial charge on any atom is 0.241 e. The van der Waals surface area contributed by atoms with Crippen LogP contribution in [-0.4, -0.2) is 36.0 Å². The van der Waals surface area contributed by atoms with Gasteiger partial charge in [0.05, 0.1) is 5.75 Å². The average molecular weight is 367 g/mol. The number of hydrogen-bond donors (Lipinski definition) is 1. The smallest absolute Gasteiger partial charge is 0.241 e. The van der Waals surface area contributed by atoms with E-state index in [9.17, 15) is 13.2 Å². The number of carbonyl (C=O) groups is 1. The fourth-order valence-corrected chi connectivity index (χ4v) is 4.57. The van der Waals surface area contributed by atoms with E-state index in [4.69, 9.17) is 0 Å². The number of aromatic nitrogens is 2. The first-order chi connectivity index (χ1) is 11.2. The van der Waals surface area contributed by atoms with Gasteiger partial charge in [0.2, 0.25) is 11.0 Å². The molecule has 0 atom stereocenters. The van der Waals surface area contributed by atoms with E-state index in [1.165, 1.54) is 16.9 Å². The Morgan fingerprint density at radius 1 is 1.21 bits per heavy atom. The van der Waals surface area contributed by atoms with Gasteiger partial charge in [0.1, 0.15) is 10.8 Å². The lowest BCUT2D eigenvalue weighted by atomic mass is 10.1. The normalized spacial score (nSPS) is 11.7. The second-order valence-electron chi connectivity index (χ2n) is 6.16. The van der Waals surface area contributed by atoms with Gasteiger partial charge in [0.15, 0.2) is 9.84 Å². The Kier molecular flexibility index (Phi) is 6.06. The van der Waals surface area contributed by atoms with Gasteiger partial charge in [-0.1, -0.05) is 55.0 Å². The number of rotatable bonds is 7. The number of amides is 1. The van der Waals surface area contributed by atoms with E-state index in [0.717, 1.165) is 10.6 Å². The fourth-order valence-electron chi connectivity index (χ4n) is 2.18. The van der Waals surface area contributed by atoms with Crippen molar-refractivity contribution in [2.45, 2.75) is 27.2 Å². The number of anilines is 1. The summed E-state index contributed by atoms with van der Waals surface area (Å²) < 4.78 is 23.6. The first-order valence-electron chi connectivity index (χ1n) is 7.62. The lowest BCUT2D eigenvalue weighted by Gasteiger charge is -2.06. The molecule has 1 heterocycles. The molecule has 6 nitrogen and oxygen atoms in total. The highest BCUT2D eigenvalue weighted by Gasteiger charge is 2.19. The van der Waals surface area contributed by atoms with E-state index >= 15 is 0 Å². The molecule has 0 spiro atoms. The van der Waals surface area contributed by atoms with E-state index in [1.54, 1.807) is 13.8 Å². The number of nitrogens with one attached hydrogen (secondary N) is 1. The molecule has 0 radical (unpaired) electrons. The summed E-state index contributed by atoms with van der Waals surface area (Å²) in [7, 11) is -3.40. The first kappa shape index (κ1) is 18.5. The molecule has 2 rings (SSSR count). The van der Waals surface area contributed by atoms with E-state index < -0.39 is 21.5 Å². The molecule has 0 aliphatic heterocycles. The summed E-state index contributed by atoms with van der Waals surface area (Å²) in [5.74, 6) is -1.12. The highest BCUT2D eigenvalue weighted by molar-refractivity contribution is 7.92. The van der Waals surface area contributed by atoms with Gasteiger partial charge in [-0.15, -0.1) is 10.2 Å². The van der Waals surface area contributed by atoms with Gasteiger partial charge >= 0.3 is 0 Å². The number of aryl methyl sites for hydroxylation is 1. The molecular weight excluding hydrogens is 346 g/mol. The highest BCUT2D eigenvalue weighted by atomic mass is 32.2. The van der Waals surface area contributed by atoms with Crippen molar-refractivity contribution in [1.29, 1.82) is 0 Å². The Hall–Kier alpha value is -1.80. The molecular formula is C16H21N3O3S2. The molecule has 0 aliphatic carbocycles. The van der Waals surface area contributed by atoms with Crippen LogP contribution in [0.1, 0.15) is 30.0 Å². The fraction of sp³-hybridized carbons (Fsp3) is 0.438. The minimum absolute atomic E-state index is 0.00475. The summed E-state index contributed by atoms with van der Waals surface area (Å²) in [5, 5.41) is 11.5. The Labute approximate surface area is 146 Å². The predicted octanol–water partition coefficient (Wildman–Crippen LogP) is 2.45. The monoisotopic (exact) mass is 367 g/mol. The molecule has 0 saturated carbocycles. The van der Waals surface area contributed by atoms with Crippen molar-refractivity contribution in [3.8, 4) is 0 Å². The van der Waals surface area contributed by atoms with Crippen LogP contribution in [0.3, 0.4) is 0 Å². The Morgan fingerprint density at radius 2 is 1.88 bits per heavy atom. The van der Waals surface area contributed by atoms with Gasteiger partial charge in [0, 0.05) is 6.42 Å². The maximum atomic E-state index is 11.9. The van der Waals surface area contributed by atoms with Crippen molar-refractivity contribution in [2.24, 2.45) is 5.92 Å². The van der Waals surface area contributed by atoms with Crippen molar-refractivity contribution in [3.05, 3.63) is 40.4 Å². The lowest BCUT2D eigenvalue weighted by molar-refractivity contribution is -0.113. The number of hydrogen-bond acceptors (Lipinski definition) is 6. The Bertz CT molecular complexity index is 796. The molecule has 0 fully saturated rings. The molecule has 0 bridgehead atoms. The third kappa shape index (κ3) is 6.01. The molecule has 24 heavy (non-hydrogen) atoms. The van der Waals surface area contributed by atoms with Crippen LogP contribution in [0, 0.1) is 12.8 Å². The molecule has 1 amide bonds. The lowest BCUT2D eigenvalue weighted by Crippen LogP contribution is -2.26. The predicted molar refractivity (Wildman–Crippen MR) is 96.0 cm³/mol. The number of sulfone groups is 1. The molecule has 1 N–H and O–H groups in total. The van der Waals surface area contributed by atoms with Crippen LogP contribution in [0.5, 0.6) is 0 Å². The second kappa shape index (κ2) is 7.85. The Morgan fingerprint density at radius 3 is 2.50 bits per heavy atom. The summed E-state index contributed by atoms with van der Waals surface area (Å²) in [4.78, 5) is 11.9. The third-order valence-electron chi connectivity index (χ3n) is 3.13. The van der Waals surface area contributed by atoms with Crippen LogP contribution >= 0.6 is 11.3 Å². The van der Waals surface area contributed by atoms with Crippen LogP contribution in [0.2, 0.25) is 0 Å². The van der Waals surface area contributed by atoms with Crippen LogP contribution in [-0.2, 0) is 21.1 Å². The topological polar surface area (TPSA) is 89.0 Å². The zero-order valence-electron chi connectivity index (χ0n) is 13.9. The van der Waals surface area contributed by atoms with Gasteiger partial charge in [0.25, 0.3) is 0 Å². The summed E-state index contributed by atoms with van der Waals surface area (Å²) in [5.41, 5.74) is 2.29. The standard InChI is InChI=1S/C16H21N3O3S2/c1-11(2)9-24(21,22)10-14(20)17-16-19-18-15(23-16)8-13-6-4-12(3)5-7-13/h4-7,11H,8-10H2,1-3H3,(H,17,19,20). The first-order valence-corrected chi connectivity index (χ1v) is 10.3. The summed E-state index contributed by atoms with van der Waals surface area (Å²) in [6.07, 6.45) is 0.624. The maximum absolute atomic E-state index is 11.9. The van der Waals surface area contributed by atoms with Gasteiger partial charge in [-0.25, -0.2) is 8.42 Å². The highest BCUT2D eigenvalue weighted by Crippen LogP contribution is 2.19. The minimum atomic E-state index is -3.40. The van der Waals surface area contributed by atoms with Crippen LogP contribution in [0.25, 0.3) is 0 Å². The second-order valence-corrected chi connectivity index (χ2v) is 9.33. The SMILES string of the molecule is Cc1ccc(Cc2nnc(NC(=O)CS(=O)(=O)CC(C)C)s2)cc1. The van der Waals surface area contributed by atoms with Gasteiger partial charge < -0.3 is 0 Å². The molecule has 130 valence electrons. The van der Waals surface area contributed by atoms with Crippen molar-refractivity contribution >= 4 is 32.2 Å². The zero-order chi connectivity index (χ0) is 17.7. The van der Waals surface area contributed by atoms with E-state index in [-0.39, 0.29) is 11.7 Å². The molecule has 0 aliphatic rings. The summed E-state index contributed by atoms with van der Waals surface area (Å²) in [6, 6.07) is 8.10. The van der Waals surface area contributed by atoms with Crippen molar-refractivity contribution in [3.63, 3.8) is 0 Å². The van der Waals surface area contributed by atoms with Crippen LogP contribution in [0.4, 0.5) is 5.13 Å². The van der Waals surface area contributed by atoms with E-state index in [2.05, 4.69) is 15.5 Å². The van der Waals surface area contributed by atoms with Crippen molar-refractivity contribution in [1.82, 2.24) is 10.2 Å². The quantitative estimate of drug-likeness (QED) is 0.812. The Balaban J connectivity index is 1.93. The number of nitrogens with zero attached hydrogens (tertiary/aromatic N) is 2. The van der Waals surface area contributed by atoms with Crippen LogP contribution in [0.15, 0.2) is 24.3 Å². The van der Waals surface area contributed by atoms with Crippen molar-refractivity contribution < 1.29 is 13.2 Å². The van der Waals surface area contributed by atoms with Gasteiger partial charge in [-0.3, -0.25) is 10.1 Å². The zero-order valence-corrected chi connectivity index (χ0v) is 15.6. The molecule has 1 aromatic heterocycles. The summed E-state index contributed by atoms with van der Waals surface area (Å²) >= 11 is 1.25. The molecule has 1 aromatic carbocycles. The summed E-state index contributed by atoms with van der Waals surface area (Å²) in [6.45, 7) is 5.63. The van der Waals surface area contributed by atoms with Crippen molar-refractivity contribution in [2.75, 3.05) is 16.8 Å². The third-order valence-corrected chi connectivity index (χ3v) is 5.84. The van der Waals surface area contributed by atoms with Gasteiger partial charge in [-0.2, -0.15) is 0 Å². The molecule has 2 aromatic rings. The average Bonchev–Trinajstić information content (AvgIpc) is 2.86. The molecule has 0 saturated heterocycles. The number of carbonyl (C=O) groups excluding carboxylic acids is 1. The van der Waals surface area contributed by atoms with E-state index in [0.29, 0.717) is 11.6 Å². The molecule has 0 unspecified atom stereocenters. The van der Waals surface area contributed by atoms with E-state index in [1.807, 2.05) is 31.2 Å². The van der Waals surface area contributed by atoms with Gasteiger partial charge in [-0.05, 0) is 18.4 Å². The van der Waals surface area contributed by atoms with Crippen LogP contribution < -0.4 is 5.32 Å². The largest absolute Gasteiger partial charge is 0.300 e.